The van der Waals surface area contributed by atoms with Gasteiger partial charge >= 0.3 is 11.9 Å². The van der Waals surface area contributed by atoms with Gasteiger partial charge in [0.05, 0.1) is 0 Å². The van der Waals surface area contributed by atoms with Gasteiger partial charge in [0.1, 0.15) is 3.70 Å². The maximum absolute atomic E-state index is 11.4. The van der Waals surface area contributed by atoms with Crippen LogP contribution in [0.5, 0.6) is 0 Å². The van der Waals surface area contributed by atoms with Gasteiger partial charge in [-0.2, -0.15) is 0 Å². The number of amides is 1. The Kier molecular flexibility index (Phi) is 10.4. The topological polar surface area (TPSA) is 224 Å². The molecule has 0 aliphatic heterocycles. The van der Waals surface area contributed by atoms with Crippen LogP contribution in [0.4, 0.5) is 11.6 Å². The first-order valence-electron chi connectivity index (χ1n) is 3.69. The van der Waals surface area contributed by atoms with Crippen LogP contribution in [0.1, 0.15) is 10.5 Å². The Morgan fingerprint density at radius 3 is 2.06 bits per heavy atom. The number of nitrogen functional groups attached to an aromatic ring is 2. The molecule has 0 fully saturated rings. The van der Waals surface area contributed by atoms with E-state index in [0.717, 1.165) is 0 Å². The van der Waals surface area contributed by atoms with Gasteiger partial charge in [-0.1, -0.05) is 0 Å². The third-order valence-corrected chi connectivity index (χ3v) is 2.17. The Morgan fingerprint density at radius 1 is 1.11 bits per heavy atom. The second-order valence-corrected chi connectivity index (χ2v) is 3.56. The van der Waals surface area contributed by atoms with Crippen LogP contribution in [0.3, 0.4) is 0 Å². The van der Waals surface area contributed by atoms with Crippen LogP contribution in [0.25, 0.3) is 0 Å². The highest BCUT2D eigenvalue weighted by Gasteiger charge is 2.16. The van der Waals surface area contributed by atoms with Crippen LogP contribution in [-0.2, 0) is 0 Å². The second-order valence-electron chi connectivity index (χ2n) is 2.54. The van der Waals surface area contributed by atoms with E-state index in [1.165, 1.54) is 0 Å². The molecule has 10 nitrogen and oxygen atoms in total. The van der Waals surface area contributed by atoms with Crippen molar-refractivity contribution in [1.82, 2.24) is 9.97 Å². The van der Waals surface area contributed by atoms with E-state index in [-0.39, 0.29) is 46.6 Å². The van der Waals surface area contributed by atoms with Crippen LogP contribution >= 0.6 is 22.6 Å². The van der Waals surface area contributed by atoms with E-state index in [4.69, 9.17) is 22.9 Å². The van der Waals surface area contributed by atoms with Gasteiger partial charge in [0.25, 0.3) is 0 Å². The molecule has 0 aromatic carbocycles. The molecule has 104 valence electrons. The molecule has 1 amide bonds. The van der Waals surface area contributed by atoms with Crippen molar-refractivity contribution >= 4 is 46.1 Å². The third kappa shape index (κ3) is 5.26. The summed E-state index contributed by atoms with van der Waals surface area (Å²) in [6.07, 6.45) is 0. The molecule has 1 aromatic rings. The number of rotatable bonds is 1. The van der Waals surface area contributed by atoms with E-state index in [0.29, 0.717) is 3.70 Å². The molecule has 1 rings (SSSR count). The van der Waals surface area contributed by atoms with Crippen molar-refractivity contribution < 1.29 is 33.1 Å². The fourth-order valence-corrected chi connectivity index (χ4v) is 1.16. The van der Waals surface area contributed by atoms with Gasteiger partial charge < -0.3 is 34.8 Å². The maximum Gasteiger partial charge on any atom is 0.346 e. The zero-order chi connectivity index (χ0) is 11.6. The van der Waals surface area contributed by atoms with E-state index >= 15 is 0 Å². The summed E-state index contributed by atoms with van der Waals surface area (Å²) in [5.41, 5.74) is 21.0. The van der Waals surface area contributed by atoms with Crippen LogP contribution in [0.2, 0.25) is 0 Å². The Balaban J connectivity index is -0.000000750. The molecule has 0 atom stereocenters. The largest absolute Gasteiger partial charge is 1.00 e. The van der Waals surface area contributed by atoms with Gasteiger partial charge in [-0.25, -0.2) is 19.8 Å². The number of aromatic nitrogens is 2. The first-order chi connectivity index (χ1) is 6.91. The average Bonchev–Trinajstić information content (AvgIpc) is 2.09. The minimum absolute atomic E-state index is 0. The van der Waals surface area contributed by atoms with E-state index in [1.54, 1.807) is 0 Å². The van der Waals surface area contributed by atoms with E-state index in [9.17, 15) is 4.79 Å². The van der Waals surface area contributed by atoms with Crippen molar-refractivity contribution in [3.05, 3.63) is 9.39 Å². The van der Waals surface area contributed by atoms with Crippen molar-refractivity contribution in [2.24, 2.45) is 11.5 Å². The smallest absolute Gasteiger partial charge is 0.346 e. The number of guanidine groups is 1. The van der Waals surface area contributed by atoms with Gasteiger partial charge in [-0.05, 0) is 22.6 Å². The zero-order valence-electron chi connectivity index (χ0n) is 8.87. The molecule has 0 spiro atoms. The summed E-state index contributed by atoms with van der Waals surface area (Å²) in [6.45, 7) is 0. The number of hydrogen-bond donors (Lipinski definition) is 5. The first-order valence-corrected chi connectivity index (χ1v) is 4.77. The van der Waals surface area contributed by atoms with Crippen molar-refractivity contribution in [2.45, 2.75) is 0 Å². The minimum Gasteiger partial charge on any atom is -1.00 e. The SMILES string of the molecule is NC(N)=[NH+]C(=O)c1nc(I)c(N)nc1N.O.O.[Cl-]. The Morgan fingerprint density at radius 2 is 1.61 bits per heavy atom. The van der Waals surface area contributed by atoms with Gasteiger partial charge in [0.2, 0.25) is 0 Å². The fraction of sp³-hybridized carbons (Fsp3) is 0. The Labute approximate surface area is 121 Å². The van der Waals surface area contributed by atoms with Crippen LogP contribution in [0, 0.1) is 3.70 Å². The molecule has 0 aliphatic rings. The van der Waals surface area contributed by atoms with Crippen molar-refractivity contribution in [3.63, 3.8) is 0 Å². The number of halogens is 2. The quantitative estimate of drug-likeness (QED) is 0.176. The van der Waals surface area contributed by atoms with Gasteiger partial charge in [-0.15, -0.1) is 0 Å². The maximum atomic E-state index is 11.4. The summed E-state index contributed by atoms with van der Waals surface area (Å²) in [5.74, 6) is -0.785. The van der Waals surface area contributed by atoms with E-state index < -0.39 is 5.91 Å². The standard InChI is InChI=1S/C6H8IN7O.ClH.2H2O/c7-2-4(9)13-3(8)1(12-2)5(15)14-6(10)11;;;/h(H4,8,9,13)(H4,10,11,14,15);1H;2*1H2. The van der Waals surface area contributed by atoms with Crippen LogP contribution in [0.15, 0.2) is 0 Å². The van der Waals surface area contributed by atoms with Crippen LogP contribution in [-0.4, -0.2) is 32.8 Å². The lowest BCUT2D eigenvalue weighted by atomic mass is 10.4. The number of nitrogens with zero attached hydrogens (tertiary/aromatic N) is 2. The number of hydrogen-bond acceptors (Lipinski definition) is 5. The molecule has 1 aromatic heterocycles. The van der Waals surface area contributed by atoms with Crippen LogP contribution < -0.4 is 40.3 Å². The average molecular weight is 394 g/mol. The summed E-state index contributed by atoms with van der Waals surface area (Å²) in [4.78, 5) is 21.2. The van der Waals surface area contributed by atoms with Gasteiger partial charge in [0.15, 0.2) is 17.3 Å². The summed E-state index contributed by atoms with van der Waals surface area (Å²) < 4.78 is 0.377. The molecule has 18 heavy (non-hydrogen) atoms. The molecule has 0 radical (unpaired) electrons. The van der Waals surface area contributed by atoms with Gasteiger partial charge in [0, 0.05) is 0 Å². The highest BCUT2D eigenvalue weighted by Crippen LogP contribution is 2.13. The molecule has 13 N–H and O–H groups in total. The summed E-state index contributed by atoms with van der Waals surface area (Å²) >= 11 is 1.83. The first kappa shape index (κ1) is 21.8. The summed E-state index contributed by atoms with van der Waals surface area (Å²) in [5, 5.41) is 0. The predicted octanol–water partition coefficient (Wildman–Crippen LogP) is -7.91. The lowest BCUT2D eigenvalue weighted by molar-refractivity contribution is -0.347. The summed E-state index contributed by atoms with van der Waals surface area (Å²) in [6, 6.07) is 0. The number of anilines is 2. The number of nitrogens with two attached hydrogens (primary N) is 4. The van der Waals surface area contributed by atoms with Crippen molar-refractivity contribution in [3.8, 4) is 0 Å². The number of carbonyl (C=O) groups is 1. The van der Waals surface area contributed by atoms with Crippen molar-refractivity contribution in [2.75, 3.05) is 11.5 Å². The minimum atomic E-state index is -0.627. The molecular formula is C6H13ClIN7O3. The zero-order valence-corrected chi connectivity index (χ0v) is 11.8. The molecule has 0 bridgehead atoms. The fourth-order valence-electron chi connectivity index (χ4n) is 0.799. The number of nitrogens with one attached hydrogen (secondary N) is 1. The molecule has 0 unspecified atom stereocenters. The molecular weight excluding hydrogens is 380 g/mol. The highest BCUT2D eigenvalue weighted by molar-refractivity contribution is 14.1. The Hall–Kier alpha value is -1.44. The van der Waals surface area contributed by atoms with E-state index in [2.05, 4.69) is 15.0 Å². The number of carbonyl (C=O) groups excluding carboxylic acids is 1. The third-order valence-electron chi connectivity index (χ3n) is 1.38. The second kappa shape index (κ2) is 8.62. The summed E-state index contributed by atoms with van der Waals surface area (Å²) in [7, 11) is 0. The predicted molar refractivity (Wildman–Crippen MR) is 69.5 cm³/mol. The highest BCUT2D eigenvalue weighted by atomic mass is 127. The van der Waals surface area contributed by atoms with Crippen molar-refractivity contribution in [1.29, 1.82) is 0 Å². The van der Waals surface area contributed by atoms with Gasteiger partial charge in [-0.3, -0.25) is 11.5 Å². The molecule has 1 heterocycles. The lowest BCUT2D eigenvalue weighted by Crippen LogP contribution is -3.00. The Bertz CT molecular complexity index is 451. The molecule has 0 aliphatic carbocycles. The molecule has 0 saturated carbocycles. The lowest BCUT2D eigenvalue weighted by Gasteiger charge is -2.01. The normalized spacial score (nSPS) is 8.06. The van der Waals surface area contributed by atoms with E-state index in [1.807, 2.05) is 22.6 Å². The monoisotopic (exact) mass is 393 g/mol. The molecule has 12 heteroatoms. The molecule has 0 saturated heterocycles.